The number of rotatable bonds is 5. The standard InChI is InChI=1S/C21H20FN3O2/c22-17-5-3-16(4-6-17)19-14-24-20(27-19)7-8-21(26)25-13-1-2-18(25)15-9-11-23-12-10-15/h3-6,9-12,14,18H,1-2,7-8,13H2/t18-/m1/s1. The molecule has 1 fully saturated rings. The van der Waals surface area contributed by atoms with Crippen molar-refractivity contribution in [2.45, 2.75) is 31.7 Å². The molecule has 0 aliphatic carbocycles. The zero-order valence-corrected chi connectivity index (χ0v) is 14.8. The van der Waals surface area contributed by atoms with Crippen molar-refractivity contribution in [3.05, 3.63) is 72.3 Å². The van der Waals surface area contributed by atoms with Crippen molar-refractivity contribution in [1.29, 1.82) is 0 Å². The molecule has 5 nitrogen and oxygen atoms in total. The Balaban J connectivity index is 1.39. The summed E-state index contributed by atoms with van der Waals surface area (Å²) in [6.07, 6.45) is 7.92. The monoisotopic (exact) mass is 365 g/mol. The fraction of sp³-hybridized carbons (Fsp3) is 0.286. The van der Waals surface area contributed by atoms with Crippen LogP contribution in [0.15, 0.2) is 59.4 Å². The number of amides is 1. The smallest absolute Gasteiger partial charge is 0.223 e. The maximum atomic E-state index is 13.0. The van der Waals surface area contributed by atoms with Gasteiger partial charge in [-0.1, -0.05) is 0 Å². The lowest BCUT2D eigenvalue weighted by atomic mass is 10.1. The zero-order valence-electron chi connectivity index (χ0n) is 14.8. The van der Waals surface area contributed by atoms with Crippen LogP contribution >= 0.6 is 0 Å². The second-order valence-corrected chi connectivity index (χ2v) is 6.65. The Labute approximate surface area is 156 Å². The van der Waals surface area contributed by atoms with Crippen molar-refractivity contribution >= 4 is 5.91 Å². The first kappa shape index (κ1) is 17.4. The van der Waals surface area contributed by atoms with E-state index in [0.717, 1.165) is 30.5 Å². The van der Waals surface area contributed by atoms with Crippen LogP contribution < -0.4 is 0 Å². The van der Waals surface area contributed by atoms with Crippen LogP contribution in [0.3, 0.4) is 0 Å². The molecule has 1 saturated heterocycles. The number of oxazole rings is 1. The molecule has 0 saturated carbocycles. The Morgan fingerprint density at radius 3 is 2.74 bits per heavy atom. The van der Waals surface area contributed by atoms with Crippen molar-refractivity contribution < 1.29 is 13.6 Å². The van der Waals surface area contributed by atoms with Crippen molar-refractivity contribution in [3.8, 4) is 11.3 Å². The first-order valence-electron chi connectivity index (χ1n) is 9.11. The molecular formula is C21H20FN3O2. The van der Waals surface area contributed by atoms with Gasteiger partial charge in [-0.05, 0) is 54.8 Å². The quantitative estimate of drug-likeness (QED) is 0.681. The molecule has 0 bridgehead atoms. The summed E-state index contributed by atoms with van der Waals surface area (Å²) in [4.78, 5) is 23.0. The summed E-state index contributed by atoms with van der Waals surface area (Å²) in [5.41, 5.74) is 1.89. The fourth-order valence-electron chi connectivity index (χ4n) is 3.53. The highest BCUT2D eigenvalue weighted by molar-refractivity contribution is 5.77. The number of carbonyl (C=O) groups is 1. The second-order valence-electron chi connectivity index (χ2n) is 6.65. The molecular weight excluding hydrogens is 345 g/mol. The Kier molecular flexibility index (Phi) is 4.96. The van der Waals surface area contributed by atoms with Gasteiger partial charge in [0.1, 0.15) is 5.82 Å². The lowest BCUT2D eigenvalue weighted by molar-refractivity contribution is -0.132. The van der Waals surface area contributed by atoms with Gasteiger partial charge in [0.2, 0.25) is 5.91 Å². The van der Waals surface area contributed by atoms with Gasteiger partial charge in [-0.2, -0.15) is 0 Å². The minimum Gasteiger partial charge on any atom is -0.441 e. The maximum absolute atomic E-state index is 13.0. The molecule has 4 rings (SSSR count). The van der Waals surface area contributed by atoms with Gasteiger partial charge in [0.15, 0.2) is 11.7 Å². The molecule has 1 aliphatic rings. The molecule has 138 valence electrons. The van der Waals surface area contributed by atoms with Crippen molar-refractivity contribution in [2.24, 2.45) is 0 Å². The fourth-order valence-corrected chi connectivity index (χ4v) is 3.53. The molecule has 0 unspecified atom stereocenters. The van der Waals surface area contributed by atoms with Crippen molar-refractivity contribution in [3.63, 3.8) is 0 Å². The van der Waals surface area contributed by atoms with Gasteiger partial charge in [-0.15, -0.1) is 0 Å². The zero-order chi connectivity index (χ0) is 18.6. The molecule has 0 radical (unpaired) electrons. The molecule has 1 aliphatic heterocycles. The van der Waals surface area contributed by atoms with E-state index in [1.165, 1.54) is 12.1 Å². The molecule has 6 heteroatoms. The molecule has 3 heterocycles. The van der Waals surface area contributed by atoms with Crippen LogP contribution in [0.1, 0.15) is 36.8 Å². The van der Waals surface area contributed by atoms with Gasteiger partial charge in [-0.3, -0.25) is 9.78 Å². The maximum Gasteiger partial charge on any atom is 0.223 e. The Bertz CT molecular complexity index is 909. The van der Waals surface area contributed by atoms with E-state index in [4.69, 9.17) is 4.42 Å². The number of hydrogen-bond acceptors (Lipinski definition) is 4. The molecule has 27 heavy (non-hydrogen) atoms. The third-order valence-corrected chi connectivity index (χ3v) is 4.90. The SMILES string of the molecule is O=C(CCc1ncc(-c2ccc(F)cc2)o1)N1CCC[C@@H]1c1ccncc1. The molecule has 3 aromatic rings. The number of carbonyl (C=O) groups excluding carboxylic acids is 1. The summed E-state index contributed by atoms with van der Waals surface area (Å²) in [7, 11) is 0. The third-order valence-electron chi connectivity index (χ3n) is 4.90. The van der Waals surface area contributed by atoms with E-state index in [1.807, 2.05) is 17.0 Å². The van der Waals surface area contributed by atoms with Gasteiger partial charge in [-0.25, -0.2) is 9.37 Å². The normalized spacial score (nSPS) is 16.6. The largest absolute Gasteiger partial charge is 0.441 e. The van der Waals surface area contributed by atoms with Crippen LogP contribution in [0.2, 0.25) is 0 Å². The number of likely N-dealkylation sites (tertiary alicyclic amines) is 1. The van der Waals surface area contributed by atoms with Gasteiger partial charge < -0.3 is 9.32 Å². The second kappa shape index (κ2) is 7.70. The summed E-state index contributed by atoms with van der Waals surface area (Å²) >= 11 is 0. The summed E-state index contributed by atoms with van der Waals surface area (Å²) in [5.74, 6) is 0.907. The summed E-state index contributed by atoms with van der Waals surface area (Å²) < 4.78 is 18.7. The average Bonchev–Trinajstić information content (AvgIpc) is 3.37. The van der Waals surface area contributed by atoms with E-state index >= 15 is 0 Å². The topological polar surface area (TPSA) is 59.2 Å². The highest BCUT2D eigenvalue weighted by atomic mass is 19.1. The third kappa shape index (κ3) is 3.89. The molecule has 1 amide bonds. The number of pyridine rings is 1. The van der Waals surface area contributed by atoms with Crippen LogP contribution in [-0.2, 0) is 11.2 Å². The number of aryl methyl sites for hydroxylation is 1. The van der Waals surface area contributed by atoms with Crippen LogP contribution in [0.25, 0.3) is 11.3 Å². The number of hydrogen-bond donors (Lipinski definition) is 0. The Morgan fingerprint density at radius 1 is 1.19 bits per heavy atom. The summed E-state index contributed by atoms with van der Waals surface area (Å²) in [6, 6.07) is 10.1. The lowest BCUT2D eigenvalue weighted by Gasteiger charge is -2.24. The van der Waals surface area contributed by atoms with Crippen LogP contribution in [0.4, 0.5) is 4.39 Å². The number of halogens is 1. The number of benzene rings is 1. The highest BCUT2D eigenvalue weighted by Gasteiger charge is 2.29. The first-order chi connectivity index (χ1) is 13.2. The predicted molar refractivity (Wildman–Crippen MR) is 98.1 cm³/mol. The summed E-state index contributed by atoms with van der Waals surface area (Å²) in [6.45, 7) is 0.776. The van der Waals surface area contributed by atoms with E-state index in [0.29, 0.717) is 24.5 Å². The Hall–Kier alpha value is -3.02. The number of nitrogens with zero attached hydrogens (tertiary/aromatic N) is 3. The van der Waals surface area contributed by atoms with Gasteiger partial charge in [0, 0.05) is 37.3 Å². The van der Waals surface area contributed by atoms with Gasteiger partial charge in [0.25, 0.3) is 0 Å². The van der Waals surface area contributed by atoms with Crippen molar-refractivity contribution in [2.75, 3.05) is 6.54 Å². The van der Waals surface area contributed by atoms with E-state index in [1.54, 1.807) is 30.7 Å². The predicted octanol–water partition coefficient (Wildman–Crippen LogP) is 4.17. The minimum absolute atomic E-state index is 0.107. The van der Waals surface area contributed by atoms with Crippen LogP contribution in [-0.4, -0.2) is 27.3 Å². The molecule has 1 aromatic carbocycles. The van der Waals surface area contributed by atoms with E-state index in [9.17, 15) is 9.18 Å². The van der Waals surface area contributed by atoms with Gasteiger partial charge in [0.05, 0.1) is 12.2 Å². The molecule has 2 aromatic heterocycles. The van der Waals surface area contributed by atoms with E-state index in [-0.39, 0.29) is 17.8 Å². The van der Waals surface area contributed by atoms with Crippen LogP contribution in [0.5, 0.6) is 0 Å². The van der Waals surface area contributed by atoms with E-state index < -0.39 is 0 Å². The molecule has 0 spiro atoms. The first-order valence-corrected chi connectivity index (χ1v) is 9.11. The van der Waals surface area contributed by atoms with Gasteiger partial charge >= 0.3 is 0 Å². The lowest BCUT2D eigenvalue weighted by Crippen LogP contribution is -2.30. The molecule has 0 N–H and O–H groups in total. The van der Waals surface area contributed by atoms with Crippen LogP contribution in [0, 0.1) is 5.82 Å². The minimum atomic E-state index is -0.293. The number of aromatic nitrogens is 2. The average molecular weight is 365 g/mol. The van der Waals surface area contributed by atoms with E-state index in [2.05, 4.69) is 9.97 Å². The molecule has 1 atom stereocenters. The summed E-state index contributed by atoms with van der Waals surface area (Å²) in [5, 5.41) is 0. The van der Waals surface area contributed by atoms with Crippen molar-refractivity contribution in [1.82, 2.24) is 14.9 Å². The Morgan fingerprint density at radius 2 is 1.96 bits per heavy atom. The highest BCUT2D eigenvalue weighted by Crippen LogP contribution is 2.32.